The zero-order chi connectivity index (χ0) is 20.6. The summed E-state index contributed by atoms with van der Waals surface area (Å²) < 4.78 is 5.26. The molecule has 0 spiro atoms. The monoisotopic (exact) mass is 404 g/mol. The molecule has 0 aliphatic heterocycles. The second-order valence-electron chi connectivity index (χ2n) is 5.76. The summed E-state index contributed by atoms with van der Waals surface area (Å²) in [5, 5.41) is 28.7. The maximum absolute atomic E-state index is 9.80. The molecule has 0 radical (unpaired) electrons. The number of ether oxygens (including phenoxy) is 1. The van der Waals surface area contributed by atoms with E-state index in [4.69, 9.17) is 15.6 Å². The molecule has 0 amide bonds. The van der Waals surface area contributed by atoms with Crippen LogP contribution in [0.25, 0.3) is 11.1 Å². The standard InChI is InChI=1S/C20H16N6O2S/c21-8-15-18(14-3-4-17(25-11-14)28-7-6-27)16(9-22)20(26-19(15)23)29-12-13-2-1-5-24-10-13/h1-5,10-11,27H,6-7,12H2,(H2,23,26). The third-order valence-corrected chi connectivity index (χ3v) is 4.93. The number of nitrogens with two attached hydrogens (primary N) is 1. The number of nitriles is 2. The summed E-state index contributed by atoms with van der Waals surface area (Å²) in [4.78, 5) is 12.5. The van der Waals surface area contributed by atoms with Gasteiger partial charge in [-0.3, -0.25) is 4.98 Å². The summed E-state index contributed by atoms with van der Waals surface area (Å²) in [5.41, 5.74) is 8.31. The maximum atomic E-state index is 9.80. The molecule has 0 unspecified atom stereocenters. The Kier molecular flexibility index (Phi) is 6.59. The largest absolute Gasteiger partial charge is 0.475 e. The average Bonchev–Trinajstić information content (AvgIpc) is 2.76. The fraction of sp³-hybridized carbons (Fsp3) is 0.150. The van der Waals surface area contributed by atoms with Crippen molar-refractivity contribution in [3.05, 3.63) is 59.5 Å². The molecule has 0 bridgehead atoms. The van der Waals surface area contributed by atoms with E-state index in [-0.39, 0.29) is 30.2 Å². The van der Waals surface area contributed by atoms with Gasteiger partial charge in [0.05, 0.1) is 12.2 Å². The van der Waals surface area contributed by atoms with Crippen molar-refractivity contribution in [2.45, 2.75) is 10.8 Å². The van der Waals surface area contributed by atoms with Gasteiger partial charge in [0.1, 0.15) is 35.2 Å². The number of nitrogens with zero attached hydrogens (tertiary/aromatic N) is 5. The Bertz CT molecular complexity index is 1080. The molecule has 0 atom stereocenters. The van der Waals surface area contributed by atoms with E-state index >= 15 is 0 Å². The van der Waals surface area contributed by atoms with Gasteiger partial charge in [-0.05, 0) is 17.7 Å². The van der Waals surface area contributed by atoms with Crippen LogP contribution >= 0.6 is 11.8 Å². The van der Waals surface area contributed by atoms with E-state index in [9.17, 15) is 10.5 Å². The molecular weight excluding hydrogens is 388 g/mol. The fourth-order valence-electron chi connectivity index (χ4n) is 2.59. The minimum atomic E-state index is -0.126. The van der Waals surface area contributed by atoms with Crippen molar-refractivity contribution in [3.8, 4) is 29.1 Å². The van der Waals surface area contributed by atoms with Crippen LogP contribution in [-0.4, -0.2) is 33.3 Å². The second kappa shape index (κ2) is 9.51. The number of hydrogen-bond donors (Lipinski definition) is 2. The summed E-state index contributed by atoms with van der Waals surface area (Å²) >= 11 is 1.35. The lowest BCUT2D eigenvalue weighted by atomic mass is 9.98. The number of aliphatic hydroxyl groups is 1. The van der Waals surface area contributed by atoms with Crippen molar-refractivity contribution in [2.24, 2.45) is 0 Å². The van der Waals surface area contributed by atoms with Gasteiger partial charge in [0, 0.05) is 41.5 Å². The number of rotatable bonds is 7. The molecule has 3 rings (SSSR count). The highest BCUT2D eigenvalue weighted by molar-refractivity contribution is 7.98. The van der Waals surface area contributed by atoms with Crippen LogP contribution in [0.2, 0.25) is 0 Å². The van der Waals surface area contributed by atoms with Crippen molar-refractivity contribution in [3.63, 3.8) is 0 Å². The van der Waals surface area contributed by atoms with Crippen LogP contribution in [0.1, 0.15) is 16.7 Å². The fourth-order valence-corrected chi connectivity index (χ4v) is 3.52. The van der Waals surface area contributed by atoms with Gasteiger partial charge in [-0.2, -0.15) is 10.5 Å². The SMILES string of the molecule is N#Cc1c(N)nc(SCc2cccnc2)c(C#N)c1-c1ccc(OCCO)nc1. The molecule has 3 aromatic heterocycles. The molecular formula is C20H16N6O2S. The average molecular weight is 404 g/mol. The minimum absolute atomic E-state index is 0.0517. The van der Waals surface area contributed by atoms with E-state index in [0.29, 0.717) is 27.8 Å². The topological polar surface area (TPSA) is 142 Å². The van der Waals surface area contributed by atoms with Gasteiger partial charge in [0.2, 0.25) is 5.88 Å². The van der Waals surface area contributed by atoms with Crippen molar-refractivity contribution in [1.29, 1.82) is 10.5 Å². The Morgan fingerprint density at radius 3 is 2.59 bits per heavy atom. The normalized spacial score (nSPS) is 10.2. The van der Waals surface area contributed by atoms with Crippen LogP contribution in [0.4, 0.5) is 5.82 Å². The van der Waals surface area contributed by atoms with Crippen LogP contribution in [0, 0.1) is 22.7 Å². The van der Waals surface area contributed by atoms with E-state index < -0.39 is 0 Å². The molecule has 0 aliphatic rings. The summed E-state index contributed by atoms with van der Waals surface area (Å²) in [6, 6.07) is 11.2. The molecule has 9 heteroatoms. The Balaban J connectivity index is 2.02. The smallest absolute Gasteiger partial charge is 0.213 e. The lowest BCUT2D eigenvalue weighted by Gasteiger charge is -2.13. The molecule has 3 N–H and O–H groups in total. The van der Waals surface area contributed by atoms with Crippen LogP contribution < -0.4 is 10.5 Å². The quantitative estimate of drug-likeness (QED) is 0.568. The maximum Gasteiger partial charge on any atom is 0.213 e. The molecule has 3 aromatic rings. The summed E-state index contributed by atoms with van der Waals surface area (Å²) in [7, 11) is 0. The third-order valence-electron chi connectivity index (χ3n) is 3.88. The highest BCUT2D eigenvalue weighted by Crippen LogP contribution is 2.36. The number of pyridine rings is 3. The van der Waals surface area contributed by atoms with Crippen molar-refractivity contribution >= 4 is 17.6 Å². The van der Waals surface area contributed by atoms with E-state index in [1.165, 1.54) is 18.0 Å². The van der Waals surface area contributed by atoms with Crippen molar-refractivity contribution in [2.75, 3.05) is 18.9 Å². The first-order valence-corrected chi connectivity index (χ1v) is 9.52. The van der Waals surface area contributed by atoms with Gasteiger partial charge in [-0.1, -0.05) is 6.07 Å². The van der Waals surface area contributed by atoms with Crippen LogP contribution in [0.3, 0.4) is 0 Å². The molecule has 29 heavy (non-hydrogen) atoms. The van der Waals surface area contributed by atoms with Crippen LogP contribution in [0.15, 0.2) is 47.9 Å². The number of hydrogen-bond acceptors (Lipinski definition) is 9. The molecule has 0 aromatic carbocycles. The van der Waals surface area contributed by atoms with Gasteiger partial charge >= 0.3 is 0 Å². The number of aliphatic hydroxyl groups excluding tert-OH is 1. The number of nitrogen functional groups attached to an aromatic ring is 1. The lowest BCUT2D eigenvalue weighted by molar-refractivity contribution is 0.196. The Morgan fingerprint density at radius 1 is 1.14 bits per heavy atom. The molecule has 0 saturated heterocycles. The van der Waals surface area contributed by atoms with Gasteiger partial charge < -0.3 is 15.6 Å². The Morgan fingerprint density at radius 2 is 1.97 bits per heavy atom. The summed E-state index contributed by atoms with van der Waals surface area (Å²) in [5.74, 6) is 0.927. The van der Waals surface area contributed by atoms with E-state index in [2.05, 4.69) is 21.0 Å². The first-order valence-electron chi connectivity index (χ1n) is 8.53. The van der Waals surface area contributed by atoms with E-state index in [0.717, 1.165) is 5.56 Å². The third kappa shape index (κ3) is 4.61. The lowest BCUT2D eigenvalue weighted by Crippen LogP contribution is -2.05. The zero-order valence-corrected chi connectivity index (χ0v) is 16.1. The highest BCUT2D eigenvalue weighted by atomic mass is 32.2. The van der Waals surface area contributed by atoms with E-state index in [1.54, 1.807) is 24.5 Å². The van der Waals surface area contributed by atoms with Crippen LogP contribution in [-0.2, 0) is 5.75 Å². The highest BCUT2D eigenvalue weighted by Gasteiger charge is 2.21. The number of thioether (sulfide) groups is 1. The number of aromatic nitrogens is 3. The summed E-state index contributed by atoms with van der Waals surface area (Å²) in [6.45, 7) is -0.00439. The molecule has 0 aliphatic carbocycles. The molecule has 0 fully saturated rings. The molecule has 8 nitrogen and oxygen atoms in total. The van der Waals surface area contributed by atoms with Crippen LogP contribution in [0.5, 0.6) is 5.88 Å². The molecule has 0 saturated carbocycles. The van der Waals surface area contributed by atoms with Gasteiger partial charge in [0.15, 0.2) is 0 Å². The first kappa shape index (κ1) is 20.1. The Labute approximate surface area is 171 Å². The van der Waals surface area contributed by atoms with Crippen molar-refractivity contribution in [1.82, 2.24) is 15.0 Å². The first-order chi connectivity index (χ1) is 14.2. The van der Waals surface area contributed by atoms with Gasteiger partial charge in [0.25, 0.3) is 0 Å². The van der Waals surface area contributed by atoms with Gasteiger partial charge in [-0.25, -0.2) is 9.97 Å². The predicted octanol–water partition coefficient (Wildman–Crippen LogP) is 2.53. The van der Waals surface area contributed by atoms with E-state index in [1.807, 2.05) is 18.2 Å². The minimum Gasteiger partial charge on any atom is -0.475 e. The zero-order valence-electron chi connectivity index (χ0n) is 15.2. The van der Waals surface area contributed by atoms with Gasteiger partial charge in [-0.15, -0.1) is 11.8 Å². The predicted molar refractivity (Wildman–Crippen MR) is 108 cm³/mol. The second-order valence-corrected chi connectivity index (χ2v) is 6.72. The Hall–Kier alpha value is -3.66. The van der Waals surface area contributed by atoms with Crippen molar-refractivity contribution < 1.29 is 9.84 Å². The number of anilines is 1. The molecule has 144 valence electrons. The summed E-state index contributed by atoms with van der Waals surface area (Å²) in [6.07, 6.45) is 4.92. The molecule has 3 heterocycles.